The number of hydrogen-bond donors (Lipinski definition) is 1. The van der Waals surface area contributed by atoms with E-state index in [0.29, 0.717) is 19.0 Å². The lowest BCUT2D eigenvalue weighted by Gasteiger charge is -2.25. The molecule has 4 nitrogen and oxygen atoms in total. The third-order valence-electron chi connectivity index (χ3n) is 4.05. The van der Waals surface area contributed by atoms with Crippen molar-refractivity contribution < 1.29 is 4.39 Å². The maximum Gasteiger partial charge on any atom is 0.115 e. The Bertz CT molecular complexity index is 413. The molecule has 2 saturated heterocycles. The summed E-state index contributed by atoms with van der Waals surface area (Å²) in [5, 5.41) is 3.60. The number of alkyl halides is 1. The van der Waals surface area contributed by atoms with Crippen LogP contribution in [0, 0.1) is 0 Å². The summed E-state index contributed by atoms with van der Waals surface area (Å²) in [4.78, 5) is 10.3. The molecule has 1 aromatic heterocycles. The van der Waals surface area contributed by atoms with Crippen molar-refractivity contribution in [2.75, 3.05) is 24.6 Å². The molecular formula is C14H21FN4S. The fourth-order valence-electron chi connectivity index (χ4n) is 2.97. The molecule has 3 heterocycles. The molecule has 110 valence electrons. The molecule has 3 rings (SSSR count). The van der Waals surface area contributed by atoms with Gasteiger partial charge in [-0.3, -0.25) is 4.90 Å². The Kier molecular flexibility index (Phi) is 4.86. The van der Waals surface area contributed by atoms with Crippen LogP contribution in [0.1, 0.15) is 18.4 Å². The van der Waals surface area contributed by atoms with E-state index < -0.39 is 6.17 Å². The predicted molar refractivity (Wildman–Crippen MR) is 79.5 cm³/mol. The number of rotatable bonds is 5. The van der Waals surface area contributed by atoms with Crippen molar-refractivity contribution >= 4 is 11.8 Å². The smallest absolute Gasteiger partial charge is 0.115 e. The third kappa shape index (κ3) is 3.68. The van der Waals surface area contributed by atoms with Gasteiger partial charge >= 0.3 is 0 Å². The van der Waals surface area contributed by atoms with Crippen molar-refractivity contribution in [2.45, 2.75) is 37.6 Å². The topological polar surface area (TPSA) is 41.0 Å². The molecule has 0 aliphatic carbocycles. The summed E-state index contributed by atoms with van der Waals surface area (Å²) in [6, 6.07) is 0.899. The van der Waals surface area contributed by atoms with Gasteiger partial charge < -0.3 is 5.32 Å². The monoisotopic (exact) mass is 296 g/mol. The minimum absolute atomic E-state index is 0.288. The molecule has 0 amide bonds. The zero-order valence-corrected chi connectivity index (χ0v) is 12.4. The molecule has 0 radical (unpaired) electrons. The highest BCUT2D eigenvalue weighted by molar-refractivity contribution is 7.99. The molecule has 0 saturated carbocycles. The SMILES string of the molecule is F[C@H]1C[C@@H](CNC2CCSC2)N(Cc2cncnc2)C1. The lowest BCUT2D eigenvalue weighted by Crippen LogP contribution is -2.41. The molecule has 3 atom stereocenters. The second kappa shape index (κ2) is 6.83. The quantitative estimate of drug-likeness (QED) is 0.891. The molecule has 1 aromatic rings. The maximum absolute atomic E-state index is 13.7. The van der Waals surface area contributed by atoms with Crippen LogP contribution in [0.2, 0.25) is 0 Å². The molecule has 0 bridgehead atoms. The Labute approximate surface area is 123 Å². The van der Waals surface area contributed by atoms with Crippen LogP contribution in [-0.2, 0) is 6.54 Å². The molecule has 1 unspecified atom stereocenters. The van der Waals surface area contributed by atoms with Crippen LogP contribution in [0.4, 0.5) is 4.39 Å². The fourth-order valence-corrected chi connectivity index (χ4v) is 4.16. The molecule has 20 heavy (non-hydrogen) atoms. The number of nitrogens with zero attached hydrogens (tertiary/aromatic N) is 3. The second-order valence-corrected chi connectivity index (χ2v) is 6.78. The summed E-state index contributed by atoms with van der Waals surface area (Å²) in [5.41, 5.74) is 1.06. The third-order valence-corrected chi connectivity index (χ3v) is 5.21. The van der Waals surface area contributed by atoms with Crippen LogP contribution >= 0.6 is 11.8 Å². The minimum atomic E-state index is -0.704. The van der Waals surface area contributed by atoms with Crippen molar-refractivity contribution in [3.05, 3.63) is 24.3 Å². The van der Waals surface area contributed by atoms with Crippen LogP contribution in [-0.4, -0.2) is 57.7 Å². The first kappa shape index (κ1) is 14.2. The van der Waals surface area contributed by atoms with Gasteiger partial charge in [-0.05, 0) is 18.6 Å². The Hall–Kier alpha value is -0.720. The van der Waals surface area contributed by atoms with E-state index in [4.69, 9.17) is 0 Å². The van der Waals surface area contributed by atoms with E-state index in [2.05, 4.69) is 20.2 Å². The standard InChI is InChI=1S/C14H21FN4S/c15-12-3-14(6-18-13-1-2-20-9-13)19(8-12)7-11-4-16-10-17-5-11/h4-5,10,12-14,18H,1-3,6-9H2/t12-,13?,14-/m0/s1. The Morgan fingerprint density at radius 2 is 2.25 bits per heavy atom. The molecular weight excluding hydrogens is 275 g/mol. The van der Waals surface area contributed by atoms with E-state index in [1.54, 1.807) is 0 Å². The molecule has 2 aliphatic rings. The summed E-state index contributed by atoms with van der Waals surface area (Å²) in [6.07, 6.45) is 6.34. The van der Waals surface area contributed by atoms with Gasteiger partial charge in [-0.2, -0.15) is 11.8 Å². The number of halogens is 1. The summed E-state index contributed by atoms with van der Waals surface area (Å²) in [7, 11) is 0. The number of aromatic nitrogens is 2. The number of hydrogen-bond acceptors (Lipinski definition) is 5. The first-order valence-electron chi connectivity index (χ1n) is 7.24. The van der Waals surface area contributed by atoms with Gasteiger partial charge in [0, 0.05) is 55.4 Å². The predicted octanol–water partition coefficient (Wildman–Crippen LogP) is 1.48. The van der Waals surface area contributed by atoms with Crippen molar-refractivity contribution in [2.24, 2.45) is 0 Å². The summed E-state index contributed by atoms with van der Waals surface area (Å²) in [5.74, 6) is 2.44. The van der Waals surface area contributed by atoms with E-state index in [-0.39, 0.29) is 6.04 Å². The lowest BCUT2D eigenvalue weighted by molar-refractivity contribution is 0.227. The molecule has 0 aromatic carbocycles. The van der Waals surface area contributed by atoms with Crippen molar-refractivity contribution in [1.82, 2.24) is 20.2 Å². The largest absolute Gasteiger partial charge is 0.312 e. The van der Waals surface area contributed by atoms with Crippen LogP contribution in [0.5, 0.6) is 0 Å². The normalized spacial score (nSPS) is 30.9. The first-order valence-corrected chi connectivity index (χ1v) is 8.40. The van der Waals surface area contributed by atoms with Gasteiger partial charge in [0.25, 0.3) is 0 Å². The average Bonchev–Trinajstić information content (AvgIpc) is 3.07. The average molecular weight is 296 g/mol. The maximum atomic E-state index is 13.7. The van der Waals surface area contributed by atoms with E-state index in [1.165, 1.54) is 24.3 Å². The van der Waals surface area contributed by atoms with E-state index in [0.717, 1.165) is 18.7 Å². The summed E-state index contributed by atoms with van der Waals surface area (Å²) >= 11 is 2.00. The highest BCUT2D eigenvalue weighted by Gasteiger charge is 2.32. The summed E-state index contributed by atoms with van der Waals surface area (Å²) in [6.45, 7) is 2.16. The summed E-state index contributed by atoms with van der Waals surface area (Å²) < 4.78 is 13.7. The van der Waals surface area contributed by atoms with Gasteiger partial charge in [0.15, 0.2) is 0 Å². The highest BCUT2D eigenvalue weighted by Crippen LogP contribution is 2.23. The zero-order chi connectivity index (χ0) is 13.8. The van der Waals surface area contributed by atoms with Crippen LogP contribution in [0.3, 0.4) is 0 Å². The van der Waals surface area contributed by atoms with Crippen LogP contribution < -0.4 is 5.32 Å². The Morgan fingerprint density at radius 1 is 1.40 bits per heavy atom. The van der Waals surface area contributed by atoms with Gasteiger partial charge in [0.2, 0.25) is 0 Å². The first-order chi connectivity index (χ1) is 9.81. The highest BCUT2D eigenvalue weighted by atomic mass is 32.2. The van der Waals surface area contributed by atoms with E-state index >= 15 is 0 Å². The minimum Gasteiger partial charge on any atom is -0.312 e. The van der Waals surface area contributed by atoms with Gasteiger partial charge in [-0.15, -0.1) is 0 Å². The molecule has 2 fully saturated rings. The van der Waals surface area contributed by atoms with Crippen LogP contribution in [0.15, 0.2) is 18.7 Å². The second-order valence-electron chi connectivity index (χ2n) is 5.63. The fraction of sp³-hybridized carbons (Fsp3) is 0.714. The number of likely N-dealkylation sites (tertiary alicyclic amines) is 1. The molecule has 2 aliphatic heterocycles. The number of thioether (sulfide) groups is 1. The molecule has 1 N–H and O–H groups in total. The van der Waals surface area contributed by atoms with E-state index in [1.807, 2.05) is 24.2 Å². The van der Waals surface area contributed by atoms with Gasteiger partial charge in [-0.25, -0.2) is 14.4 Å². The number of nitrogens with one attached hydrogen (secondary N) is 1. The van der Waals surface area contributed by atoms with Crippen molar-refractivity contribution in [3.63, 3.8) is 0 Å². The Balaban J connectivity index is 1.54. The van der Waals surface area contributed by atoms with Crippen LogP contribution in [0.25, 0.3) is 0 Å². The lowest BCUT2D eigenvalue weighted by atomic mass is 10.1. The molecule has 0 spiro atoms. The van der Waals surface area contributed by atoms with E-state index in [9.17, 15) is 4.39 Å². The van der Waals surface area contributed by atoms with Gasteiger partial charge in [0.05, 0.1) is 0 Å². The Morgan fingerprint density at radius 3 is 3.00 bits per heavy atom. The van der Waals surface area contributed by atoms with Crippen molar-refractivity contribution in [3.8, 4) is 0 Å². The van der Waals surface area contributed by atoms with Gasteiger partial charge in [-0.1, -0.05) is 0 Å². The molecule has 6 heteroatoms. The van der Waals surface area contributed by atoms with Gasteiger partial charge in [0.1, 0.15) is 12.5 Å². The zero-order valence-electron chi connectivity index (χ0n) is 11.5. The van der Waals surface area contributed by atoms with Crippen molar-refractivity contribution in [1.29, 1.82) is 0 Å².